The summed E-state index contributed by atoms with van der Waals surface area (Å²) in [5.74, 6) is 0.213. The molecule has 154 valence electrons. The highest BCUT2D eigenvalue weighted by atomic mass is 32.2. The van der Waals surface area contributed by atoms with Gasteiger partial charge in [-0.2, -0.15) is 4.31 Å². The van der Waals surface area contributed by atoms with Crippen molar-refractivity contribution in [1.82, 2.24) is 13.4 Å². The first-order valence-electron chi connectivity index (χ1n) is 9.04. The smallest absolute Gasteiger partial charge is 0.328 e. The van der Waals surface area contributed by atoms with Gasteiger partial charge in [0, 0.05) is 26.7 Å². The van der Waals surface area contributed by atoms with Gasteiger partial charge in [-0.15, -0.1) is 0 Å². The number of fused-ring (bicyclic) bond motifs is 1. The van der Waals surface area contributed by atoms with Crippen LogP contribution in [0, 0.1) is 0 Å². The fraction of sp³-hybridized carbons (Fsp3) is 0.300. The molecule has 0 saturated heterocycles. The molecule has 2 aromatic carbocycles. The number of nitrogens with zero attached hydrogens (tertiary/aromatic N) is 3. The molecule has 0 aliphatic carbocycles. The average Bonchev–Trinajstić information content (AvgIpc) is 2.92. The van der Waals surface area contributed by atoms with Crippen molar-refractivity contribution in [3.05, 3.63) is 58.5 Å². The Balaban J connectivity index is 1.88. The van der Waals surface area contributed by atoms with Crippen LogP contribution in [-0.4, -0.2) is 47.8 Å². The van der Waals surface area contributed by atoms with Gasteiger partial charge in [-0.3, -0.25) is 13.9 Å². The quantitative estimate of drug-likeness (QED) is 0.547. The van der Waals surface area contributed by atoms with E-state index in [1.54, 1.807) is 44.4 Å². The number of benzene rings is 2. The number of ether oxygens (including phenoxy) is 1. The van der Waals surface area contributed by atoms with Crippen LogP contribution in [0.3, 0.4) is 0 Å². The standard InChI is InChI=1S/C20H23N3O5S/c1-5-28-15-8-6-7-14(11-15)19(24)13-21(2)29(26,27)16-9-10-17-18(12-16)23(4)20(25)22(17)3/h6-12H,5,13H2,1-4H3. The number of ketones is 1. The molecule has 0 fully saturated rings. The summed E-state index contributed by atoms with van der Waals surface area (Å²) in [4.78, 5) is 24.7. The van der Waals surface area contributed by atoms with E-state index in [1.807, 2.05) is 6.92 Å². The number of aryl methyl sites for hydroxylation is 2. The summed E-state index contributed by atoms with van der Waals surface area (Å²) in [5.41, 5.74) is 1.26. The Labute approximate surface area is 169 Å². The zero-order valence-corrected chi connectivity index (χ0v) is 17.6. The Morgan fingerprint density at radius 1 is 1.07 bits per heavy atom. The lowest BCUT2D eigenvalue weighted by atomic mass is 10.1. The molecule has 9 heteroatoms. The first-order chi connectivity index (χ1) is 13.7. The van der Waals surface area contributed by atoms with Crippen LogP contribution < -0.4 is 10.4 Å². The number of rotatable bonds is 7. The molecule has 0 aliphatic rings. The SMILES string of the molecule is CCOc1cccc(C(=O)CN(C)S(=O)(=O)c2ccc3c(c2)n(C)c(=O)n3C)c1. The van der Waals surface area contributed by atoms with Crippen LogP contribution in [0.5, 0.6) is 5.75 Å². The number of Topliss-reactive ketones (excluding diaryl/α,β-unsaturated/α-hetero) is 1. The highest BCUT2D eigenvalue weighted by molar-refractivity contribution is 7.89. The molecular formula is C20H23N3O5S. The second-order valence-corrected chi connectivity index (χ2v) is 8.74. The zero-order chi connectivity index (χ0) is 21.3. The van der Waals surface area contributed by atoms with Gasteiger partial charge in [-0.1, -0.05) is 12.1 Å². The van der Waals surface area contributed by atoms with E-state index >= 15 is 0 Å². The summed E-state index contributed by atoms with van der Waals surface area (Å²) in [5, 5.41) is 0. The van der Waals surface area contributed by atoms with Crippen molar-refractivity contribution < 1.29 is 17.9 Å². The van der Waals surface area contributed by atoms with Crippen molar-refractivity contribution in [2.45, 2.75) is 11.8 Å². The van der Waals surface area contributed by atoms with Crippen LogP contribution in [0.15, 0.2) is 52.2 Å². The zero-order valence-electron chi connectivity index (χ0n) is 16.7. The predicted molar refractivity (Wildman–Crippen MR) is 110 cm³/mol. The van der Waals surface area contributed by atoms with E-state index in [0.717, 1.165) is 4.31 Å². The summed E-state index contributed by atoms with van der Waals surface area (Å²) in [6.45, 7) is 1.99. The minimum absolute atomic E-state index is 0.0181. The van der Waals surface area contributed by atoms with Gasteiger partial charge in [0.25, 0.3) is 0 Å². The summed E-state index contributed by atoms with van der Waals surface area (Å²) >= 11 is 0. The number of carbonyl (C=O) groups is 1. The Morgan fingerprint density at radius 3 is 2.45 bits per heavy atom. The van der Waals surface area contributed by atoms with Gasteiger partial charge in [0.1, 0.15) is 5.75 Å². The van der Waals surface area contributed by atoms with Gasteiger partial charge in [-0.25, -0.2) is 13.2 Å². The summed E-state index contributed by atoms with van der Waals surface area (Å²) < 4.78 is 35.2. The molecule has 0 saturated carbocycles. The van der Waals surface area contributed by atoms with E-state index in [0.29, 0.717) is 29.0 Å². The summed E-state index contributed by atoms with van der Waals surface area (Å²) in [6.07, 6.45) is 0. The number of hydrogen-bond acceptors (Lipinski definition) is 5. The number of sulfonamides is 1. The molecule has 0 atom stereocenters. The molecule has 0 bridgehead atoms. The van der Waals surface area contributed by atoms with E-state index in [4.69, 9.17) is 4.74 Å². The molecule has 0 N–H and O–H groups in total. The third-order valence-corrected chi connectivity index (χ3v) is 6.58. The molecular weight excluding hydrogens is 394 g/mol. The second kappa shape index (κ2) is 7.84. The Bertz CT molecular complexity index is 1240. The van der Waals surface area contributed by atoms with Gasteiger partial charge in [0.15, 0.2) is 5.78 Å². The lowest BCUT2D eigenvalue weighted by Crippen LogP contribution is -2.32. The minimum atomic E-state index is -3.92. The molecule has 29 heavy (non-hydrogen) atoms. The molecule has 0 unspecified atom stereocenters. The van der Waals surface area contributed by atoms with Crippen LogP contribution >= 0.6 is 0 Å². The molecule has 3 aromatic rings. The van der Waals surface area contributed by atoms with E-state index in [9.17, 15) is 18.0 Å². The Kier molecular flexibility index (Phi) is 5.63. The van der Waals surface area contributed by atoms with Gasteiger partial charge >= 0.3 is 5.69 Å². The third kappa shape index (κ3) is 3.83. The van der Waals surface area contributed by atoms with Crippen LogP contribution in [0.4, 0.5) is 0 Å². The highest BCUT2D eigenvalue weighted by Gasteiger charge is 2.25. The number of carbonyl (C=O) groups excluding carboxylic acids is 1. The van der Waals surface area contributed by atoms with Crippen molar-refractivity contribution in [3.8, 4) is 5.75 Å². The van der Waals surface area contributed by atoms with Gasteiger partial charge in [0.2, 0.25) is 10.0 Å². The molecule has 8 nitrogen and oxygen atoms in total. The maximum atomic E-state index is 13.0. The first kappa shape index (κ1) is 20.8. The Morgan fingerprint density at radius 2 is 1.76 bits per heavy atom. The van der Waals surface area contributed by atoms with Crippen molar-refractivity contribution in [2.75, 3.05) is 20.2 Å². The van der Waals surface area contributed by atoms with Crippen molar-refractivity contribution in [1.29, 1.82) is 0 Å². The van der Waals surface area contributed by atoms with Gasteiger partial charge in [-0.05, 0) is 37.3 Å². The van der Waals surface area contributed by atoms with E-state index < -0.39 is 10.0 Å². The lowest BCUT2D eigenvalue weighted by molar-refractivity contribution is 0.0972. The van der Waals surface area contributed by atoms with Crippen molar-refractivity contribution in [3.63, 3.8) is 0 Å². The van der Waals surface area contributed by atoms with Crippen molar-refractivity contribution >= 4 is 26.8 Å². The molecule has 1 heterocycles. The highest BCUT2D eigenvalue weighted by Crippen LogP contribution is 2.21. The molecule has 0 spiro atoms. The number of likely N-dealkylation sites (N-methyl/N-ethyl adjacent to an activating group) is 1. The largest absolute Gasteiger partial charge is 0.494 e. The Hall–Kier alpha value is -2.91. The van der Waals surface area contributed by atoms with Crippen LogP contribution in [0.1, 0.15) is 17.3 Å². The first-order valence-corrected chi connectivity index (χ1v) is 10.5. The van der Waals surface area contributed by atoms with E-state index in [1.165, 1.54) is 28.3 Å². The monoisotopic (exact) mass is 417 g/mol. The third-order valence-electron chi connectivity index (χ3n) is 4.78. The second-order valence-electron chi connectivity index (χ2n) is 6.70. The maximum absolute atomic E-state index is 13.0. The average molecular weight is 417 g/mol. The van der Waals surface area contributed by atoms with Crippen molar-refractivity contribution in [2.24, 2.45) is 14.1 Å². The molecule has 3 rings (SSSR count). The normalized spacial score (nSPS) is 11.9. The maximum Gasteiger partial charge on any atom is 0.328 e. The fourth-order valence-electron chi connectivity index (χ4n) is 3.13. The number of imidazole rings is 1. The minimum Gasteiger partial charge on any atom is -0.494 e. The van der Waals surface area contributed by atoms with E-state index in [2.05, 4.69) is 0 Å². The number of hydrogen-bond donors (Lipinski definition) is 0. The molecule has 1 aromatic heterocycles. The molecule has 0 radical (unpaired) electrons. The van der Waals surface area contributed by atoms with Crippen LogP contribution in [-0.2, 0) is 24.1 Å². The topological polar surface area (TPSA) is 90.6 Å². The molecule has 0 aliphatic heterocycles. The summed E-state index contributed by atoms with van der Waals surface area (Å²) in [6, 6.07) is 11.1. The molecule has 0 amide bonds. The van der Waals surface area contributed by atoms with Crippen LogP contribution in [0.2, 0.25) is 0 Å². The fourth-order valence-corrected chi connectivity index (χ4v) is 4.28. The van der Waals surface area contributed by atoms with Gasteiger partial charge < -0.3 is 4.74 Å². The van der Waals surface area contributed by atoms with Gasteiger partial charge in [0.05, 0.1) is 29.1 Å². The summed E-state index contributed by atoms with van der Waals surface area (Å²) in [7, 11) is 0.645. The van der Waals surface area contributed by atoms with E-state index in [-0.39, 0.29) is 22.9 Å². The van der Waals surface area contributed by atoms with Crippen LogP contribution in [0.25, 0.3) is 11.0 Å². The predicted octanol–water partition coefficient (Wildman–Crippen LogP) is 1.78. The number of aromatic nitrogens is 2. The lowest BCUT2D eigenvalue weighted by Gasteiger charge is -2.17.